The maximum absolute atomic E-state index is 13.7. The highest BCUT2D eigenvalue weighted by Gasteiger charge is 2.12. The lowest BCUT2D eigenvalue weighted by Gasteiger charge is -2.09. The predicted octanol–water partition coefficient (Wildman–Crippen LogP) is 2.61. The summed E-state index contributed by atoms with van der Waals surface area (Å²) in [5, 5.41) is 16.9. The SMILES string of the molecule is Cc1cnnc(C)c1-c1ccc(O)cc1F. The molecule has 0 radical (unpaired) electrons. The largest absolute Gasteiger partial charge is 0.508 e. The number of hydrogen-bond acceptors (Lipinski definition) is 3. The topological polar surface area (TPSA) is 46.0 Å². The minimum absolute atomic E-state index is 0.0847. The van der Waals surface area contributed by atoms with Gasteiger partial charge in [0.05, 0.1) is 11.9 Å². The van der Waals surface area contributed by atoms with E-state index in [4.69, 9.17) is 5.11 Å². The van der Waals surface area contributed by atoms with E-state index < -0.39 is 5.82 Å². The van der Waals surface area contributed by atoms with Crippen LogP contribution in [-0.4, -0.2) is 15.3 Å². The van der Waals surface area contributed by atoms with Gasteiger partial charge in [-0.1, -0.05) is 0 Å². The fourth-order valence-electron chi connectivity index (χ4n) is 1.72. The van der Waals surface area contributed by atoms with Gasteiger partial charge < -0.3 is 5.11 Å². The number of phenols is 1. The van der Waals surface area contributed by atoms with Gasteiger partial charge in [-0.3, -0.25) is 0 Å². The summed E-state index contributed by atoms with van der Waals surface area (Å²) < 4.78 is 13.7. The first kappa shape index (κ1) is 10.5. The molecule has 16 heavy (non-hydrogen) atoms. The van der Waals surface area contributed by atoms with Gasteiger partial charge in [0, 0.05) is 17.2 Å². The van der Waals surface area contributed by atoms with Gasteiger partial charge in [0.25, 0.3) is 0 Å². The molecule has 1 aromatic carbocycles. The molecular formula is C12H11FN2O. The van der Waals surface area contributed by atoms with Crippen LogP contribution in [0.4, 0.5) is 4.39 Å². The first-order chi connectivity index (χ1) is 7.59. The molecule has 1 N–H and O–H groups in total. The van der Waals surface area contributed by atoms with E-state index in [0.717, 1.165) is 17.2 Å². The summed E-state index contributed by atoms with van der Waals surface area (Å²) in [5.74, 6) is -0.544. The number of phenolic OH excluding ortho intramolecular Hbond substituents is 1. The Kier molecular flexibility index (Phi) is 2.56. The number of rotatable bonds is 1. The second-order valence-corrected chi connectivity index (χ2v) is 3.65. The van der Waals surface area contributed by atoms with Crippen LogP contribution < -0.4 is 0 Å². The fraction of sp³-hybridized carbons (Fsp3) is 0.167. The first-order valence-electron chi connectivity index (χ1n) is 4.87. The van der Waals surface area contributed by atoms with E-state index in [-0.39, 0.29) is 5.75 Å². The molecule has 0 aliphatic carbocycles. The lowest BCUT2D eigenvalue weighted by molar-refractivity contribution is 0.469. The molecule has 82 valence electrons. The van der Waals surface area contributed by atoms with Gasteiger partial charge in [-0.05, 0) is 31.5 Å². The average molecular weight is 218 g/mol. The van der Waals surface area contributed by atoms with E-state index in [9.17, 15) is 4.39 Å². The Morgan fingerprint density at radius 3 is 2.62 bits per heavy atom. The average Bonchev–Trinajstić information content (AvgIpc) is 2.20. The number of hydrogen-bond donors (Lipinski definition) is 1. The van der Waals surface area contributed by atoms with E-state index >= 15 is 0 Å². The normalized spacial score (nSPS) is 10.4. The third-order valence-electron chi connectivity index (χ3n) is 2.44. The molecule has 0 atom stereocenters. The Morgan fingerprint density at radius 2 is 2.00 bits per heavy atom. The number of halogens is 1. The third-order valence-corrected chi connectivity index (χ3v) is 2.44. The molecule has 0 saturated carbocycles. The van der Waals surface area contributed by atoms with E-state index in [2.05, 4.69) is 10.2 Å². The summed E-state index contributed by atoms with van der Waals surface area (Å²) in [5.41, 5.74) is 2.69. The number of nitrogens with zero attached hydrogens (tertiary/aromatic N) is 2. The molecule has 0 aliphatic rings. The lowest BCUT2D eigenvalue weighted by atomic mass is 10.0. The number of benzene rings is 1. The minimum atomic E-state index is -0.459. The maximum atomic E-state index is 13.7. The molecule has 0 spiro atoms. The van der Waals surface area contributed by atoms with Crippen LogP contribution in [-0.2, 0) is 0 Å². The molecule has 2 aromatic rings. The molecule has 3 nitrogen and oxygen atoms in total. The van der Waals surface area contributed by atoms with Crippen LogP contribution >= 0.6 is 0 Å². The molecular weight excluding hydrogens is 207 g/mol. The third kappa shape index (κ3) is 1.74. The van der Waals surface area contributed by atoms with E-state index in [1.165, 1.54) is 6.07 Å². The summed E-state index contributed by atoms with van der Waals surface area (Å²) in [6.07, 6.45) is 1.59. The van der Waals surface area contributed by atoms with Crippen molar-refractivity contribution < 1.29 is 9.50 Å². The summed E-state index contributed by atoms with van der Waals surface area (Å²) in [7, 11) is 0. The van der Waals surface area contributed by atoms with Crippen molar-refractivity contribution in [2.24, 2.45) is 0 Å². The van der Waals surface area contributed by atoms with Crippen molar-refractivity contribution in [3.05, 3.63) is 41.5 Å². The van der Waals surface area contributed by atoms with Crippen molar-refractivity contribution in [2.45, 2.75) is 13.8 Å². The number of aromatic nitrogens is 2. The van der Waals surface area contributed by atoms with Crippen molar-refractivity contribution in [1.29, 1.82) is 0 Å². The van der Waals surface area contributed by atoms with Crippen LogP contribution in [0.1, 0.15) is 11.3 Å². The molecule has 0 fully saturated rings. The maximum Gasteiger partial charge on any atom is 0.134 e. The standard InChI is InChI=1S/C12H11FN2O/c1-7-6-14-15-8(2)12(7)10-4-3-9(16)5-11(10)13/h3-6,16H,1-2H3. The summed E-state index contributed by atoms with van der Waals surface area (Å²) in [6.45, 7) is 3.63. The van der Waals surface area contributed by atoms with Crippen molar-refractivity contribution >= 4 is 0 Å². The Bertz CT molecular complexity index is 520. The van der Waals surface area contributed by atoms with Crippen LogP contribution in [0.2, 0.25) is 0 Å². The molecule has 4 heteroatoms. The first-order valence-corrected chi connectivity index (χ1v) is 4.87. The van der Waals surface area contributed by atoms with Crippen molar-refractivity contribution in [3.8, 4) is 16.9 Å². The minimum Gasteiger partial charge on any atom is -0.508 e. The van der Waals surface area contributed by atoms with Gasteiger partial charge in [0.1, 0.15) is 11.6 Å². The zero-order valence-electron chi connectivity index (χ0n) is 9.03. The van der Waals surface area contributed by atoms with Crippen molar-refractivity contribution in [2.75, 3.05) is 0 Å². The van der Waals surface area contributed by atoms with Gasteiger partial charge >= 0.3 is 0 Å². The molecule has 1 aromatic heterocycles. The molecule has 0 bridgehead atoms. The van der Waals surface area contributed by atoms with Gasteiger partial charge in [-0.15, -0.1) is 0 Å². The molecule has 0 unspecified atom stereocenters. The highest BCUT2D eigenvalue weighted by Crippen LogP contribution is 2.29. The summed E-state index contributed by atoms with van der Waals surface area (Å²) in [6, 6.07) is 4.09. The quantitative estimate of drug-likeness (QED) is 0.800. The van der Waals surface area contributed by atoms with E-state index in [0.29, 0.717) is 11.3 Å². The lowest BCUT2D eigenvalue weighted by Crippen LogP contribution is -1.96. The number of aryl methyl sites for hydroxylation is 2. The van der Waals surface area contributed by atoms with E-state index in [1.807, 2.05) is 6.92 Å². The van der Waals surface area contributed by atoms with Crippen molar-refractivity contribution in [1.82, 2.24) is 10.2 Å². The molecule has 1 heterocycles. The Hall–Kier alpha value is -1.97. The Morgan fingerprint density at radius 1 is 1.25 bits per heavy atom. The number of aromatic hydroxyl groups is 1. The molecule has 0 saturated heterocycles. The molecule has 0 amide bonds. The van der Waals surface area contributed by atoms with Crippen LogP contribution in [0.5, 0.6) is 5.75 Å². The Labute approximate surface area is 92.6 Å². The van der Waals surface area contributed by atoms with Gasteiger partial charge in [0.2, 0.25) is 0 Å². The highest BCUT2D eigenvalue weighted by molar-refractivity contribution is 5.69. The van der Waals surface area contributed by atoms with Gasteiger partial charge in [-0.2, -0.15) is 10.2 Å². The van der Waals surface area contributed by atoms with Crippen LogP contribution in [0.25, 0.3) is 11.1 Å². The van der Waals surface area contributed by atoms with Crippen LogP contribution in [0.3, 0.4) is 0 Å². The second kappa shape index (κ2) is 3.89. The van der Waals surface area contributed by atoms with Crippen LogP contribution in [0.15, 0.2) is 24.4 Å². The second-order valence-electron chi connectivity index (χ2n) is 3.65. The zero-order chi connectivity index (χ0) is 11.7. The smallest absolute Gasteiger partial charge is 0.134 e. The summed E-state index contributed by atoms with van der Waals surface area (Å²) in [4.78, 5) is 0. The highest BCUT2D eigenvalue weighted by atomic mass is 19.1. The van der Waals surface area contributed by atoms with E-state index in [1.54, 1.807) is 19.2 Å². The zero-order valence-corrected chi connectivity index (χ0v) is 9.03. The Balaban J connectivity index is 2.68. The monoisotopic (exact) mass is 218 g/mol. The van der Waals surface area contributed by atoms with Crippen LogP contribution in [0, 0.1) is 19.7 Å². The van der Waals surface area contributed by atoms with Gasteiger partial charge in [-0.25, -0.2) is 4.39 Å². The predicted molar refractivity (Wildman–Crippen MR) is 58.6 cm³/mol. The van der Waals surface area contributed by atoms with Crippen molar-refractivity contribution in [3.63, 3.8) is 0 Å². The fourth-order valence-corrected chi connectivity index (χ4v) is 1.72. The van der Waals surface area contributed by atoms with Gasteiger partial charge in [0.15, 0.2) is 0 Å². The summed E-state index contributed by atoms with van der Waals surface area (Å²) >= 11 is 0. The molecule has 0 aliphatic heterocycles. The molecule has 2 rings (SSSR count).